The van der Waals surface area contributed by atoms with E-state index in [1.807, 2.05) is 0 Å². The highest BCUT2D eigenvalue weighted by Gasteiger charge is 2.21. The second-order valence-corrected chi connectivity index (χ2v) is 5.04. The minimum Gasteiger partial charge on any atom is -0.467 e. The average molecular weight is 328 g/mol. The molecule has 0 spiro atoms. The van der Waals surface area contributed by atoms with E-state index < -0.39 is 16.9 Å². The van der Waals surface area contributed by atoms with Crippen molar-refractivity contribution in [1.82, 2.24) is 0 Å². The lowest BCUT2D eigenvalue weighted by atomic mass is 10.0. The van der Waals surface area contributed by atoms with E-state index in [0.717, 1.165) is 6.29 Å². The van der Waals surface area contributed by atoms with Crippen molar-refractivity contribution in [3.63, 3.8) is 0 Å². The molecule has 24 heavy (non-hydrogen) atoms. The number of non-ortho nitro benzene ring substituents is 1. The summed E-state index contributed by atoms with van der Waals surface area (Å²) in [5, 5.41) is 13.7. The lowest BCUT2D eigenvalue weighted by molar-refractivity contribution is -0.384. The van der Waals surface area contributed by atoms with E-state index in [1.165, 1.54) is 31.4 Å². The summed E-state index contributed by atoms with van der Waals surface area (Å²) in [5.74, 6) is -0.492. The molecule has 7 heteroatoms. The quantitative estimate of drug-likeness (QED) is 0.363. The lowest BCUT2D eigenvalue weighted by Gasteiger charge is -2.18. The van der Waals surface area contributed by atoms with Gasteiger partial charge in [-0.2, -0.15) is 0 Å². The summed E-state index contributed by atoms with van der Waals surface area (Å²) in [4.78, 5) is 33.3. The van der Waals surface area contributed by atoms with Gasteiger partial charge in [0.05, 0.1) is 12.0 Å². The van der Waals surface area contributed by atoms with Gasteiger partial charge < -0.3 is 10.1 Å². The second-order valence-electron chi connectivity index (χ2n) is 5.04. The van der Waals surface area contributed by atoms with E-state index in [9.17, 15) is 19.7 Å². The third kappa shape index (κ3) is 4.16. The maximum Gasteiger partial charge on any atom is 0.328 e. The number of benzene rings is 2. The van der Waals surface area contributed by atoms with Gasteiger partial charge in [-0.1, -0.05) is 24.3 Å². The Morgan fingerprint density at radius 1 is 1.25 bits per heavy atom. The first-order valence-electron chi connectivity index (χ1n) is 7.17. The van der Waals surface area contributed by atoms with Gasteiger partial charge >= 0.3 is 5.97 Å². The maximum atomic E-state index is 12.0. The molecule has 2 aromatic rings. The fraction of sp³-hybridized carbons (Fsp3) is 0.176. The number of nitro groups is 1. The number of esters is 1. The average Bonchev–Trinajstić information content (AvgIpc) is 2.61. The van der Waals surface area contributed by atoms with Gasteiger partial charge in [0.2, 0.25) is 0 Å². The SMILES string of the molecule is COC(=O)C(Cc1ccccc1C=O)Nc1ccc([N+](=O)[O-])cc1. The molecule has 1 atom stereocenters. The summed E-state index contributed by atoms with van der Waals surface area (Å²) in [6.45, 7) is 0. The third-order valence-electron chi connectivity index (χ3n) is 3.51. The molecule has 0 fully saturated rings. The van der Waals surface area contributed by atoms with Gasteiger partial charge in [-0.25, -0.2) is 4.79 Å². The summed E-state index contributed by atoms with van der Waals surface area (Å²) in [6, 6.07) is 11.9. The van der Waals surface area contributed by atoms with E-state index in [2.05, 4.69) is 5.32 Å². The molecule has 0 saturated heterocycles. The Morgan fingerprint density at radius 3 is 2.50 bits per heavy atom. The van der Waals surface area contributed by atoms with Gasteiger partial charge in [0.25, 0.3) is 5.69 Å². The molecule has 0 saturated carbocycles. The summed E-state index contributed by atoms with van der Waals surface area (Å²) in [5.41, 5.74) is 1.70. The Bertz CT molecular complexity index is 743. The van der Waals surface area contributed by atoms with Crippen LogP contribution in [-0.2, 0) is 16.0 Å². The molecule has 2 rings (SSSR count). The first-order chi connectivity index (χ1) is 11.5. The highest BCUT2D eigenvalue weighted by Crippen LogP contribution is 2.18. The van der Waals surface area contributed by atoms with Crippen LogP contribution < -0.4 is 5.32 Å². The molecule has 1 unspecified atom stereocenters. The van der Waals surface area contributed by atoms with Crippen molar-refractivity contribution in [2.45, 2.75) is 12.5 Å². The Hall–Kier alpha value is -3.22. The number of hydrogen-bond acceptors (Lipinski definition) is 6. The van der Waals surface area contributed by atoms with Gasteiger partial charge in [-0.15, -0.1) is 0 Å². The number of nitrogens with one attached hydrogen (secondary N) is 1. The number of nitrogens with zero attached hydrogens (tertiary/aromatic N) is 1. The highest BCUT2D eigenvalue weighted by molar-refractivity contribution is 5.81. The summed E-state index contributed by atoms with van der Waals surface area (Å²) in [7, 11) is 1.28. The number of carbonyl (C=O) groups is 2. The van der Waals surface area contributed by atoms with Crippen molar-refractivity contribution >= 4 is 23.6 Å². The monoisotopic (exact) mass is 328 g/mol. The molecule has 1 N–H and O–H groups in total. The number of ether oxygens (including phenoxy) is 1. The molecule has 0 aromatic heterocycles. The Labute approximate surface area is 138 Å². The number of anilines is 1. The normalized spacial score (nSPS) is 11.4. The predicted octanol–water partition coefficient (Wildman–Crippen LogP) is 2.60. The number of aldehydes is 1. The van der Waals surface area contributed by atoms with Crippen molar-refractivity contribution in [2.75, 3.05) is 12.4 Å². The van der Waals surface area contributed by atoms with Crippen molar-refractivity contribution in [1.29, 1.82) is 0 Å². The zero-order chi connectivity index (χ0) is 17.5. The zero-order valence-electron chi connectivity index (χ0n) is 13.0. The molecule has 0 radical (unpaired) electrons. The van der Waals surface area contributed by atoms with E-state index in [4.69, 9.17) is 4.74 Å². The fourth-order valence-corrected chi connectivity index (χ4v) is 2.27. The van der Waals surface area contributed by atoms with Crippen LogP contribution in [0, 0.1) is 10.1 Å². The summed E-state index contributed by atoms with van der Waals surface area (Å²) < 4.78 is 4.79. The lowest BCUT2D eigenvalue weighted by Crippen LogP contribution is -2.33. The summed E-state index contributed by atoms with van der Waals surface area (Å²) >= 11 is 0. The Balaban J connectivity index is 2.21. The Morgan fingerprint density at radius 2 is 1.92 bits per heavy atom. The minimum absolute atomic E-state index is 0.0403. The number of nitro benzene ring substituents is 1. The van der Waals surface area contributed by atoms with E-state index in [1.54, 1.807) is 24.3 Å². The van der Waals surface area contributed by atoms with Crippen molar-refractivity contribution in [2.24, 2.45) is 0 Å². The number of methoxy groups -OCH3 is 1. The minimum atomic E-state index is -0.724. The van der Waals surface area contributed by atoms with Gasteiger partial charge in [0, 0.05) is 29.8 Å². The smallest absolute Gasteiger partial charge is 0.328 e. The van der Waals surface area contributed by atoms with Crippen LogP contribution in [0.15, 0.2) is 48.5 Å². The van der Waals surface area contributed by atoms with Crippen LogP contribution in [0.4, 0.5) is 11.4 Å². The molecule has 0 aliphatic heterocycles. The highest BCUT2D eigenvalue weighted by atomic mass is 16.6. The van der Waals surface area contributed by atoms with Crippen LogP contribution in [-0.4, -0.2) is 30.3 Å². The van der Waals surface area contributed by atoms with Crippen LogP contribution in [0.2, 0.25) is 0 Å². The molecule has 0 aliphatic carbocycles. The van der Waals surface area contributed by atoms with E-state index >= 15 is 0 Å². The maximum absolute atomic E-state index is 12.0. The fourth-order valence-electron chi connectivity index (χ4n) is 2.27. The molecule has 0 bridgehead atoms. The van der Waals surface area contributed by atoms with Gasteiger partial charge in [-0.3, -0.25) is 14.9 Å². The molecule has 0 amide bonds. The molecule has 0 heterocycles. The summed E-state index contributed by atoms with van der Waals surface area (Å²) in [6.07, 6.45) is 0.980. The molecular formula is C17H16N2O5. The molecule has 124 valence electrons. The van der Waals surface area contributed by atoms with Gasteiger partial charge in [0.15, 0.2) is 0 Å². The standard InChI is InChI=1S/C17H16N2O5/c1-24-17(21)16(10-12-4-2-3-5-13(12)11-20)18-14-6-8-15(9-7-14)19(22)23/h2-9,11,16,18H,10H2,1H3. The van der Waals surface area contributed by atoms with Gasteiger partial charge in [0.1, 0.15) is 12.3 Å². The van der Waals surface area contributed by atoms with Crippen LogP contribution in [0.3, 0.4) is 0 Å². The van der Waals surface area contributed by atoms with Crippen LogP contribution in [0.25, 0.3) is 0 Å². The third-order valence-corrected chi connectivity index (χ3v) is 3.51. The molecule has 2 aromatic carbocycles. The topological polar surface area (TPSA) is 98.5 Å². The molecule has 7 nitrogen and oxygen atoms in total. The van der Waals surface area contributed by atoms with Gasteiger partial charge in [-0.05, 0) is 17.7 Å². The van der Waals surface area contributed by atoms with Crippen LogP contribution >= 0.6 is 0 Å². The molecular weight excluding hydrogens is 312 g/mol. The first kappa shape index (κ1) is 17.1. The van der Waals surface area contributed by atoms with Crippen LogP contribution in [0.5, 0.6) is 0 Å². The van der Waals surface area contributed by atoms with Crippen molar-refractivity contribution in [3.05, 3.63) is 69.8 Å². The first-order valence-corrected chi connectivity index (χ1v) is 7.17. The zero-order valence-corrected chi connectivity index (χ0v) is 13.0. The van der Waals surface area contributed by atoms with Crippen molar-refractivity contribution in [3.8, 4) is 0 Å². The number of hydrogen-bond donors (Lipinski definition) is 1. The largest absolute Gasteiger partial charge is 0.467 e. The van der Waals surface area contributed by atoms with Crippen molar-refractivity contribution < 1.29 is 19.2 Å². The van der Waals surface area contributed by atoms with E-state index in [0.29, 0.717) is 16.8 Å². The Kier molecular flexibility index (Phi) is 5.62. The van der Waals surface area contributed by atoms with E-state index in [-0.39, 0.29) is 12.1 Å². The number of carbonyl (C=O) groups excluding carboxylic acids is 2. The van der Waals surface area contributed by atoms with Crippen LogP contribution in [0.1, 0.15) is 15.9 Å². The molecule has 0 aliphatic rings. The predicted molar refractivity (Wildman–Crippen MR) is 88.1 cm³/mol. The number of rotatable bonds is 7. The second kappa shape index (κ2) is 7.87.